The molecule has 0 radical (unpaired) electrons. The van der Waals surface area contributed by atoms with E-state index < -0.39 is 11.5 Å². The van der Waals surface area contributed by atoms with E-state index in [1.807, 2.05) is 29.2 Å². The number of nitrogens with two attached hydrogens (primary N) is 1. The molecule has 1 atom stereocenters. The van der Waals surface area contributed by atoms with Crippen LogP contribution in [-0.4, -0.2) is 46.0 Å². The van der Waals surface area contributed by atoms with Crippen molar-refractivity contribution >= 4 is 34.5 Å². The van der Waals surface area contributed by atoms with Crippen LogP contribution in [0, 0.1) is 0 Å². The molecule has 2 N–H and O–H groups in total. The first-order chi connectivity index (χ1) is 9.65. The molecular weight excluding hydrogens is 278 g/mol. The van der Waals surface area contributed by atoms with E-state index in [0.29, 0.717) is 25.6 Å². The van der Waals surface area contributed by atoms with Gasteiger partial charge in [0.1, 0.15) is 5.50 Å². The number of primary amides is 1. The highest BCUT2D eigenvalue weighted by atomic mass is 35.5. The first-order valence-corrected chi connectivity index (χ1v) is 6.75. The van der Waals surface area contributed by atoms with E-state index in [-0.39, 0.29) is 0 Å². The number of fused-ring (bicyclic) bond motifs is 1. The topological polar surface area (TPSA) is 75.4 Å². The highest BCUT2D eigenvalue weighted by molar-refractivity contribution is 6.21. The largest absolute Gasteiger partial charge is 0.351 e. The van der Waals surface area contributed by atoms with Crippen molar-refractivity contribution in [3.63, 3.8) is 0 Å². The van der Waals surface area contributed by atoms with E-state index in [2.05, 4.69) is 9.97 Å². The van der Waals surface area contributed by atoms with Gasteiger partial charge in [0, 0.05) is 24.7 Å². The number of amides is 2. The summed E-state index contributed by atoms with van der Waals surface area (Å²) in [6.45, 7) is 1.55. The molecule has 0 saturated carbocycles. The van der Waals surface area contributed by atoms with E-state index >= 15 is 0 Å². The molecule has 1 unspecified atom stereocenters. The van der Waals surface area contributed by atoms with Crippen molar-refractivity contribution < 1.29 is 4.79 Å². The van der Waals surface area contributed by atoms with Crippen molar-refractivity contribution in [3.05, 3.63) is 30.5 Å². The summed E-state index contributed by atoms with van der Waals surface area (Å²) in [6, 6.07) is 7.30. The summed E-state index contributed by atoms with van der Waals surface area (Å²) < 4.78 is 0. The molecule has 1 saturated heterocycles. The number of anilines is 1. The van der Waals surface area contributed by atoms with Gasteiger partial charge in [-0.2, -0.15) is 0 Å². The molecule has 1 aliphatic rings. The summed E-state index contributed by atoms with van der Waals surface area (Å²) in [5.74, 6) is 0.624. The van der Waals surface area contributed by atoms with Crippen molar-refractivity contribution in [2.24, 2.45) is 5.73 Å². The van der Waals surface area contributed by atoms with Crippen LogP contribution in [0.15, 0.2) is 30.5 Å². The van der Waals surface area contributed by atoms with E-state index in [9.17, 15) is 4.79 Å². The maximum absolute atomic E-state index is 11.2. The minimum atomic E-state index is -0.496. The second kappa shape index (κ2) is 5.13. The first-order valence-electron chi connectivity index (χ1n) is 6.32. The SMILES string of the molecule is NC(=O)N1CCN(c2ncc3ccccc3n2)CC1Cl. The summed E-state index contributed by atoms with van der Waals surface area (Å²) in [5.41, 5.74) is 5.70. The summed E-state index contributed by atoms with van der Waals surface area (Å²) in [4.78, 5) is 23.5. The first kappa shape index (κ1) is 12.9. The van der Waals surface area contributed by atoms with Crippen LogP contribution < -0.4 is 10.6 Å². The molecule has 1 aromatic heterocycles. The van der Waals surface area contributed by atoms with Gasteiger partial charge in [-0.05, 0) is 6.07 Å². The number of rotatable bonds is 1. The summed E-state index contributed by atoms with van der Waals surface area (Å²) >= 11 is 6.17. The van der Waals surface area contributed by atoms with Gasteiger partial charge in [-0.25, -0.2) is 14.8 Å². The normalized spacial score (nSPS) is 19.4. The summed E-state index contributed by atoms with van der Waals surface area (Å²) in [6.07, 6.45) is 1.79. The maximum Gasteiger partial charge on any atom is 0.316 e. The van der Waals surface area contributed by atoms with Crippen LogP contribution >= 0.6 is 11.6 Å². The zero-order valence-corrected chi connectivity index (χ0v) is 11.5. The average molecular weight is 292 g/mol. The number of urea groups is 1. The zero-order valence-electron chi connectivity index (χ0n) is 10.7. The molecule has 104 valence electrons. The lowest BCUT2D eigenvalue weighted by Gasteiger charge is -2.37. The Morgan fingerprint density at radius 2 is 2.15 bits per heavy atom. The lowest BCUT2D eigenvalue weighted by Crippen LogP contribution is -2.55. The van der Waals surface area contributed by atoms with Gasteiger partial charge in [0.25, 0.3) is 0 Å². The standard InChI is InChI=1S/C13H14ClN5O/c14-11-8-18(5-6-19(11)12(15)20)13-16-7-9-3-1-2-4-10(9)17-13/h1-4,7,11H,5-6,8H2,(H2,15,20). The Labute approximate surface area is 121 Å². The van der Waals surface area contributed by atoms with Gasteiger partial charge in [0.2, 0.25) is 5.95 Å². The van der Waals surface area contributed by atoms with Crippen LogP contribution in [0.1, 0.15) is 0 Å². The summed E-state index contributed by atoms with van der Waals surface area (Å²) in [7, 11) is 0. The number of halogens is 1. The Balaban J connectivity index is 1.83. The minimum Gasteiger partial charge on any atom is -0.351 e. The van der Waals surface area contributed by atoms with Gasteiger partial charge in [0.05, 0.1) is 12.1 Å². The Kier molecular flexibility index (Phi) is 3.31. The molecule has 1 aliphatic heterocycles. The number of carbonyl (C=O) groups excluding carboxylic acids is 1. The predicted octanol–water partition coefficient (Wildman–Crippen LogP) is 1.40. The second-order valence-corrected chi connectivity index (χ2v) is 5.14. The van der Waals surface area contributed by atoms with Gasteiger partial charge < -0.3 is 15.5 Å². The Bertz CT molecular complexity index is 649. The Hall–Kier alpha value is -2.08. The monoisotopic (exact) mass is 291 g/mol. The van der Waals surface area contributed by atoms with Crippen LogP contribution in [0.4, 0.5) is 10.7 Å². The lowest BCUT2D eigenvalue weighted by atomic mass is 10.2. The number of para-hydroxylation sites is 1. The minimum absolute atomic E-state index is 0.461. The zero-order chi connectivity index (χ0) is 14.1. The average Bonchev–Trinajstić information content (AvgIpc) is 2.46. The van der Waals surface area contributed by atoms with Crippen molar-refractivity contribution in [1.29, 1.82) is 0 Å². The molecule has 20 heavy (non-hydrogen) atoms. The Morgan fingerprint density at radius 1 is 1.35 bits per heavy atom. The molecule has 2 amide bonds. The number of hydrogen-bond acceptors (Lipinski definition) is 4. The quantitative estimate of drug-likeness (QED) is 0.636. The second-order valence-electron chi connectivity index (χ2n) is 4.64. The van der Waals surface area contributed by atoms with Gasteiger partial charge in [0.15, 0.2) is 0 Å². The van der Waals surface area contributed by atoms with Gasteiger partial charge >= 0.3 is 6.03 Å². The van der Waals surface area contributed by atoms with Crippen LogP contribution in [-0.2, 0) is 0 Å². The van der Waals surface area contributed by atoms with Crippen molar-refractivity contribution in [1.82, 2.24) is 14.9 Å². The number of piperazine rings is 1. The van der Waals surface area contributed by atoms with E-state index in [4.69, 9.17) is 17.3 Å². The molecule has 0 aliphatic carbocycles. The third kappa shape index (κ3) is 2.34. The van der Waals surface area contributed by atoms with Crippen molar-refractivity contribution in [3.8, 4) is 0 Å². The third-order valence-electron chi connectivity index (χ3n) is 3.36. The molecule has 2 aromatic rings. The van der Waals surface area contributed by atoms with Crippen LogP contribution in [0.2, 0.25) is 0 Å². The fraction of sp³-hybridized carbons (Fsp3) is 0.308. The number of hydrogen-bond donors (Lipinski definition) is 1. The number of benzene rings is 1. The molecule has 1 aromatic carbocycles. The number of nitrogens with zero attached hydrogens (tertiary/aromatic N) is 4. The molecule has 2 heterocycles. The third-order valence-corrected chi connectivity index (χ3v) is 3.74. The van der Waals surface area contributed by atoms with Crippen molar-refractivity contribution in [2.75, 3.05) is 24.5 Å². The molecule has 7 heteroatoms. The predicted molar refractivity (Wildman–Crippen MR) is 77.7 cm³/mol. The molecule has 1 fully saturated rings. The van der Waals surface area contributed by atoms with Crippen molar-refractivity contribution in [2.45, 2.75) is 5.50 Å². The van der Waals surface area contributed by atoms with Crippen LogP contribution in [0.25, 0.3) is 10.9 Å². The van der Waals surface area contributed by atoms with Crippen LogP contribution in [0.3, 0.4) is 0 Å². The molecule has 0 bridgehead atoms. The maximum atomic E-state index is 11.2. The molecule has 0 spiro atoms. The molecular formula is C13H14ClN5O. The molecule has 6 nitrogen and oxygen atoms in total. The fourth-order valence-corrected chi connectivity index (χ4v) is 2.65. The van der Waals surface area contributed by atoms with Gasteiger partial charge in [-0.3, -0.25) is 0 Å². The van der Waals surface area contributed by atoms with Gasteiger partial charge in [-0.15, -0.1) is 0 Å². The summed E-state index contributed by atoms with van der Waals surface area (Å²) in [5, 5.41) is 0.995. The number of aromatic nitrogens is 2. The highest BCUT2D eigenvalue weighted by Crippen LogP contribution is 2.19. The van der Waals surface area contributed by atoms with E-state index in [1.54, 1.807) is 6.20 Å². The molecule has 3 rings (SSSR count). The lowest BCUT2D eigenvalue weighted by molar-refractivity contribution is 0.196. The Morgan fingerprint density at radius 3 is 2.90 bits per heavy atom. The van der Waals surface area contributed by atoms with Crippen LogP contribution in [0.5, 0.6) is 0 Å². The highest BCUT2D eigenvalue weighted by Gasteiger charge is 2.28. The van der Waals surface area contributed by atoms with E-state index in [1.165, 1.54) is 4.90 Å². The van der Waals surface area contributed by atoms with E-state index in [0.717, 1.165) is 10.9 Å². The number of carbonyl (C=O) groups is 1. The smallest absolute Gasteiger partial charge is 0.316 e. The number of alkyl halides is 1. The fourth-order valence-electron chi connectivity index (χ4n) is 2.28. The van der Waals surface area contributed by atoms with Gasteiger partial charge in [-0.1, -0.05) is 29.8 Å².